The molecule has 0 saturated carbocycles. The van der Waals surface area contributed by atoms with Crippen molar-refractivity contribution in [2.45, 2.75) is 51.7 Å². The maximum atomic E-state index is 12.6. The van der Waals surface area contributed by atoms with Crippen LogP contribution in [-0.2, 0) is 9.53 Å². The van der Waals surface area contributed by atoms with Crippen LogP contribution >= 0.6 is 0 Å². The Hall–Kier alpha value is -1.77. The number of ether oxygens (including phenoxy) is 1. The SMILES string of the molecule is CC(C)(C)OC(=O)N1CC(C#N)CC1C(=O)N1CCCC1. The Kier molecular flexibility index (Phi) is 4.40. The molecule has 2 heterocycles. The highest BCUT2D eigenvalue weighted by Gasteiger charge is 2.43. The highest BCUT2D eigenvalue weighted by molar-refractivity contribution is 5.86. The first-order valence-corrected chi connectivity index (χ1v) is 7.50. The van der Waals surface area contributed by atoms with E-state index in [9.17, 15) is 9.59 Å². The van der Waals surface area contributed by atoms with Crippen LogP contribution in [0.1, 0.15) is 40.0 Å². The van der Waals surface area contributed by atoms with Crippen molar-refractivity contribution in [3.8, 4) is 6.07 Å². The normalized spacial score (nSPS) is 25.8. The summed E-state index contributed by atoms with van der Waals surface area (Å²) in [6, 6.07) is 1.61. The Balaban J connectivity index is 2.11. The molecule has 2 fully saturated rings. The van der Waals surface area contributed by atoms with Gasteiger partial charge in [-0.05, 0) is 40.0 Å². The van der Waals surface area contributed by atoms with E-state index in [1.807, 2.05) is 0 Å². The number of hydrogen-bond acceptors (Lipinski definition) is 4. The molecule has 2 saturated heterocycles. The molecule has 2 unspecified atom stereocenters. The zero-order valence-electron chi connectivity index (χ0n) is 13.0. The Morgan fingerprint density at radius 1 is 1.24 bits per heavy atom. The van der Waals surface area contributed by atoms with Crippen LogP contribution in [0.4, 0.5) is 4.79 Å². The highest BCUT2D eigenvalue weighted by Crippen LogP contribution is 2.27. The summed E-state index contributed by atoms with van der Waals surface area (Å²) in [6.45, 7) is 7.14. The fourth-order valence-corrected chi connectivity index (χ4v) is 2.83. The maximum Gasteiger partial charge on any atom is 0.411 e. The van der Waals surface area contributed by atoms with Gasteiger partial charge in [-0.1, -0.05) is 0 Å². The van der Waals surface area contributed by atoms with Crippen LogP contribution in [-0.4, -0.2) is 53.1 Å². The lowest BCUT2D eigenvalue weighted by molar-refractivity contribution is -0.134. The lowest BCUT2D eigenvalue weighted by Gasteiger charge is -2.29. The van der Waals surface area contributed by atoms with E-state index in [4.69, 9.17) is 10.00 Å². The maximum absolute atomic E-state index is 12.6. The standard InChI is InChI=1S/C15H23N3O3/c1-15(2,3)21-14(20)18-10-11(9-16)8-12(18)13(19)17-6-4-5-7-17/h11-12H,4-8,10H2,1-3H3. The summed E-state index contributed by atoms with van der Waals surface area (Å²) in [5, 5.41) is 9.11. The van der Waals surface area contributed by atoms with Crippen LogP contribution in [0.2, 0.25) is 0 Å². The fraction of sp³-hybridized carbons (Fsp3) is 0.800. The van der Waals surface area contributed by atoms with Gasteiger partial charge in [-0.15, -0.1) is 0 Å². The second-order valence-electron chi connectivity index (χ2n) is 6.74. The molecule has 2 aliphatic rings. The van der Waals surface area contributed by atoms with Gasteiger partial charge in [0.1, 0.15) is 11.6 Å². The van der Waals surface area contributed by atoms with Gasteiger partial charge in [0.15, 0.2) is 0 Å². The van der Waals surface area contributed by atoms with Gasteiger partial charge in [0.2, 0.25) is 5.91 Å². The molecule has 0 N–H and O–H groups in total. The minimum absolute atomic E-state index is 0.0453. The average Bonchev–Trinajstić information content (AvgIpc) is 3.05. The predicted molar refractivity (Wildman–Crippen MR) is 76.3 cm³/mol. The number of hydrogen-bond donors (Lipinski definition) is 0. The number of nitriles is 1. The monoisotopic (exact) mass is 293 g/mol. The number of carbonyl (C=O) groups is 2. The summed E-state index contributed by atoms with van der Waals surface area (Å²) in [5.41, 5.74) is -0.608. The number of carbonyl (C=O) groups excluding carboxylic acids is 2. The molecule has 116 valence electrons. The predicted octanol–water partition coefficient (Wildman–Crippen LogP) is 1.76. The van der Waals surface area contributed by atoms with Crippen LogP contribution in [0.5, 0.6) is 0 Å². The summed E-state index contributed by atoms with van der Waals surface area (Å²) in [4.78, 5) is 28.1. The van der Waals surface area contributed by atoms with Crippen LogP contribution in [0, 0.1) is 17.2 Å². The second kappa shape index (κ2) is 5.92. The molecule has 0 radical (unpaired) electrons. The van der Waals surface area contributed by atoms with Gasteiger partial charge >= 0.3 is 6.09 Å². The third-order valence-electron chi connectivity index (χ3n) is 3.81. The topological polar surface area (TPSA) is 73.6 Å². The molecular formula is C15H23N3O3. The van der Waals surface area contributed by atoms with Gasteiger partial charge in [-0.25, -0.2) is 4.79 Å². The molecule has 0 spiro atoms. The zero-order chi connectivity index (χ0) is 15.6. The van der Waals surface area contributed by atoms with Gasteiger partial charge in [0, 0.05) is 19.6 Å². The number of likely N-dealkylation sites (tertiary alicyclic amines) is 2. The third-order valence-corrected chi connectivity index (χ3v) is 3.81. The Bertz CT molecular complexity index is 458. The van der Waals surface area contributed by atoms with E-state index in [1.165, 1.54) is 4.90 Å². The van der Waals surface area contributed by atoms with Gasteiger partial charge in [0.25, 0.3) is 0 Å². The van der Waals surface area contributed by atoms with Crippen molar-refractivity contribution in [2.24, 2.45) is 5.92 Å². The van der Waals surface area contributed by atoms with Crippen LogP contribution in [0.25, 0.3) is 0 Å². The molecule has 2 rings (SSSR count). The van der Waals surface area contributed by atoms with E-state index in [0.717, 1.165) is 25.9 Å². The molecule has 0 aromatic rings. The molecule has 6 nitrogen and oxygen atoms in total. The largest absolute Gasteiger partial charge is 0.444 e. The number of rotatable bonds is 1. The third kappa shape index (κ3) is 3.66. The van der Waals surface area contributed by atoms with E-state index in [0.29, 0.717) is 6.42 Å². The van der Waals surface area contributed by atoms with Crippen LogP contribution in [0.15, 0.2) is 0 Å². The quantitative estimate of drug-likeness (QED) is 0.738. The molecule has 0 aromatic carbocycles. The van der Waals surface area contributed by atoms with Crippen molar-refractivity contribution < 1.29 is 14.3 Å². The Morgan fingerprint density at radius 3 is 2.38 bits per heavy atom. The highest BCUT2D eigenvalue weighted by atomic mass is 16.6. The summed E-state index contributed by atoms with van der Waals surface area (Å²) >= 11 is 0. The molecule has 0 aliphatic carbocycles. The van der Waals surface area contributed by atoms with Gasteiger partial charge in [-0.2, -0.15) is 5.26 Å². The van der Waals surface area contributed by atoms with Crippen LogP contribution < -0.4 is 0 Å². The fourth-order valence-electron chi connectivity index (χ4n) is 2.83. The smallest absolute Gasteiger partial charge is 0.411 e. The summed E-state index contributed by atoms with van der Waals surface area (Å²) < 4.78 is 5.36. The van der Waals surface area contributed by atoms with Crippen molar-refractivity contribution in [3.63, 3.8) is 0 Å². The first kappa shape index (κ1) is 15.6. The molecule has 6 heteroatoms. The molecule has 2 amide bonds. The zero-order valence-corrected chi connectivity index (χ0v) is 13.0. The number of amides is 2. The first-order valence-electron chi connectivity index (χ1n) is 7.50. The van der Waals surface area contributed by atoms with Crippen molar-refractivity contribution in [1.82, 2.24) is 9.80 Å². The molecule has 2 aliphatic heterocycles. The van der Waals surface area contributed by atoms with E-state index >= 15 is 0 Å². The van der Waals surface area contributed by atoms with Crippen molar-refractivity contribution in [1.29, 1.82) is 5.26 Å². The van der Waals surface area contributed by atoms with E-state index < -0.39 is 17.7 Å². The molecular weight excluding hydrogens is 270 g/mol. The van der Waals surface area contributed by atoms with Gasteiger partial charge < -0.3 is 9.64 Å². The summed E-state index contributed by atoms with van der Waals surface area (Å²) in [5.74, 6) is -0.342. The van der Waals surface area contributed by atoms with E-state index in [1.54, 1.807) is 25.7 Å². The van der Waals surface area contributed by atoms with Crippen molar-refractivity contribution in [2.75, 3.05) is 19.6 Å². The minimum atomic E-state index is -0.608. The number of nitrogens with zero attached hydrogens (tertiary/aromatic N) is 3. The van der Waals surface area contributed by atoms with Crippen LogP contribution in [0.3, 0.4) is 0 Å². The molecule has 0 bridgehead atoms. The first-order chi connectivity index (χ1) is 9.81. The van der Waals surface area contributed by atoms with Gasteiger partial charge in [0.05, 0.1) is 12.0 Å². The Labute approximate surface area is 125 Å². The molecule has 21 heavy (non-hydrogen) atoms. The lowest BCUT2D eigenvalue weighted by atomic mass is 10.1. The van der Waals surface area contributed by atoms with Gasteiger partial charge in [-0.3, -0.25) is 9.69 Å². The van der Waals surface area contributed by atoms with E-state index in [-0.39, 0.29) is 18.4 Å². The summed E-state index contributed by atoms with van der Waals surface area (Å²) in [6.07, 6.45) is 1.92. The van der Waals surface area contributed by atoms with E-state index in [2.05, 4.69) is 6.07 Å². The van der Waals surface area contributed by atoms with Crippen molar-refractivity contribution >= 4 is 12.0 Å². The average molecular weight is 293 g/mol. The summed E-state index contributed by atoms with van der Waals surface area (Å²) in [7, 11) is 0. The lowest BCUT2D eigenvalue weighted by Crippen LogP contribution is -2.48. The Morgan fingerprint density at radius 2 is 1.86 bits per heavy atom. The minimum Gasteiger partial charge on any atom is -0.444 e. The second-order valence-corrected chi connectivity index (χ2v) is 6.74. The molecule has 2 atom stereocenters. The van der Waals surface area contributed by atoms with Crippen molar-refractivity contribution in [3.05, 3.63) is 0 Å². The molecule has 0 aromatic heterocycles.